The number of rotatable bonds is 5. The fourth-order valence-corrected chi connectivity index (χ4v) is 1.93. The Morgan fingerprint density at radius 1 is 1.24 bits per heavy atom. The zero-order valence-corrected chi connectivity index (χ0v) is 12.9. The van der Waals surface area contributed by atoms with Gasteiger partial charge in [-0.25, -0.2) is 9.97 Å². The maximum atomic E-state index is 12.2. The summed E-state index contributed by atoms with van der Waals surface area (Å²) in [5.41, 5.74) is 0.408. The minimum absolute atomic E-state index is 0.255. The highest BCUT2D eigenvalue weighted by Gasteiger charge is 2.10. The van der Waals surface area contributed by atoms with Crippen LogP contribution in [0.25, 0.3) is 0 Å². The predicted molar refractivity (Wildman–Crippen MR) is 85.2 cm³/mol. The van der Waals surface area contributed by atoms with Crippen molar-refractivity contribution in [3.8, 4) is 0 Å². The molecule has 0 saturated carbocycles. The van der Waals surface area contributed by atoms with Gasteiger partial charge < -0.3 is 10.6 Å². The topological polar surface area (TPSA) is 66.9 Å². The van der Waals surface area contributed by atoms with E-state index in [1.165, 1.54) is 12.3 Å². The van der Waals surface area contributed by atoms with E-state index < -0.39 is 0 Å². The lowest BCUT2D eigenvalue weighted by atomic mass is 10.2. The summed E-state index contributed by atoms with van der Waals surface area (Å²) in [4.78, 5) is 20.3. The molecule has 0 unspecified atom stereocenters. The number of carbonyl (C=O) groups excluding carboxylic acids is 1. The van der Waals surface area contributed by atoms with Gasteiger partial charge in [-0.15, -0.1) is 0 Å². The molecule has 5 nitrogen and oxygen atoms in total. The molecule has 0 fully saturated rings. The van der Waals surface area contributed by atoms with E-state index in [0.717, 1.165) is 13.0 Å². The highest BCUT2D eigenvalue weighted by atomic mass is 35.5. The van der Waals surface area contributed by atoms with Crippen LogP contribution in [0.3, 0.4) is 0 Å². The summed E-state index contributed by atoms with van der Waals surface area (Å²) >= 11 is 11.7. The number of carbonyl (C=O) groups is 1. The van der Waals surface area contributed by atoms with E-state index in [4.69, 9.17) is 23.2 Å². The van der Waals surface area contributed by atoms with Crippen LogP contribution in [0.2, 0.25) is 10.2 Å². The Bertz CT molecular complexity index is 631. The number of nitrogens with one attached hydrogen (secondary N) is 2. The third-order valence-electron chi connectivity index (χ3n) is 2.58. The Morgan fingerprint density at radius 3 is 2.71 bits per heavy atom. The highest BCUT2D eigenvalue weighted by Crippen LogP contribution is 2.16. The third kappa shape index (κ3) is 4.58. The molecule has 2 aromatic heterocycles. The lowest BCUT2D eigenvalue weighted by Crippen LogP contribution is -2.14. The predicted octanol–water partition coefficient (Wildman–Crippen LogP) is 3.86. The summed E-state index contributed by atoms with van der Waals surface area (Å²) in [5, 5.41) is 6.53. The molecule has 0 aliphatic carbocycles. The quantitative estimate of drug-likeness (QED) is 0.819. The fourth-order valence-electron chi connectivity index (χ4n) is 1.61. The Balaban J connectivity index is 2.14. The van der Waals surface area contributed by atoms with Crippen LogP contribution in [0, 0.1) is 0 Å². The van der Waals surface area contributed by atoms with Gasteiger partial charge in [0, 0.05) is 18.3 Å². The summed E-state index contributed by atoms with van der Waals surface area (Å²) in [6.07, 6.45) is 2.41. The van der Waals surface area contributed by atoms with Gasteiger partial charge in [0.25, 0.3) is 5.91 Å². The van der Waals surface area contributed by atoms with Crippen molar-refractivity contribution in [2.24, 2.45) is 0 Å². The number of aromatic nitrogens is 2. The van der Waals surface area contributed by atoms with Gasteiger partial charge in [0.2, 0.25) is 0 Å². The number of hydrogen-bond acceptors (Lipinski definition) is 4. The normalized spacial score (nSPS) is 10.2. The molecular formula is C14H14Cl2N4O. The minimum Gasteiger partial charge on any atom is -0.370 e. The summed E-state index contributed by atoms with van der Waals surface area (Å²) in [5.74, 6) is 0.674. The van der Waals surface area contributed by atoms with Gasteiger partial charge in [-0.05, 0) is 30.7 Å². The van der Waals surface area contributed by atoms with Crippen molar-refractivity contribution in [3.05, 3.63) is 46.2 Å². The second-order valence-corrected chi connectivity index (χ2v) is 5.13. The molecule has 1 amide bonds. The zero-order chi connectivity index (χ0) is 15.2. The largest absolute Gasteiger partial charge is 0.370 e. The summed E-state index contributed by atoms with van der Waals surface area (Å²) < 4.78 is 0. The van der Waals surface area contributed by atoms with Crippen LogP contribution in [-0.4, -0.2) is 22.4 Å². The Kier molecular flexibility index (Phi) is 5.36. The van der Waals surface area contributed by atoms with E-state index in [9.17, 15) is 4.79 Å². The van der Waals surface area contributed by atoms with E-state index in [0.29, 0.717) is 22.2 Å². The average Bonchev–Trinajstić information content (AvgIpc) is 2.47. The lowest BCUT2D eigenvalue weighted by molar-refractivity contribution is 0.102. The molecule has 0 bridgehead atoms. The SMILES string of the molecule is CCCNc1cc(C(=O)Nc2ccc(Cl)cn2)cc(Cl)n1. The molecule has 2 aromatic rings. The summed E-state index contributed by atoms with van der Waals surface area (Å²) in [6.45, 7) is 2.80. The van der Waals surface area contributed by atoms with Crippen LogP contribution < -0.4 is 10.6 Å². The van der Waals surface area contributed by atoms with E-state index in [1.54, 1.807) is 18.2 Å². The van der Waals surface area contributed by atoms with Crippen molar-refractivity contribution >= 4 is 40.7 Å². The zero-order valence-electron chi connectivity index (χ0n) is 11.4. The van der Waals surface area contributed by atoms with Crippen LogP contribution in [0.5, 0.6) is 0 Å². The molecule has 0 aliphatic heterocycles. The molecule has 0 aliphatic rings. The molecule has 0 aromatic carbocycles. The molecule has 21 heavy (non-hydrogen) atoms. The Labute approximate surface area is 132 Å². The van der Waals surface area contributed by atoms with Crippen molar-refractivity contribution in [2.45, 2.75) is 13.3 Å². The van der Waals surface area contributed by atoms with Crippen molar-refractivity contribution in [2.75, 3.05) is 17.2 Å². The number of nitrogens with zero attached hydrogens (tertiary/aromatic N) is 2. The van der Waals surface area contributed by atoms with Crippen LogP contribution in [-0.2, 0) is 0 Å². The smallest absolute Gasteiger partial charge is 0.257 e. The lowest BCUT2D eigenvalue weighted by Gasteiger charge is -2.08. The van der Waals surface area contributed by atoms with Crippen LogP contribution in [0.1, 0.15) is 23.7 Å². The molecular weight excluding hydrogens is 311 g/mol. The van der Waals surface area contributed by atoms with Gasteiger partial charge in [0.05, 0.1) is 5.02 Å². The van der Waals surface area contributed by atoms with Crippen molar-refractivity contribution < 1.29 is 4.79 Å². The molecule has 0 radical (unpaired) electrons. The summed E-state index contributed by atoms with van der Waals surface area (Å²) in [7, 11) is 0. The fraction of sp³-hybridized carbons (Fsp3) is 0.214. The van der Waals surface area contributed by atoms with Gasteiger partial charge in [-0.1, -0.05) is 30.1 Å². The number of amides is 1. The summed E-state index contributed by atoms with van der Waals surface area (Å²) in [6, 6.07) is 6.42. The van der Waals surface area contributed by atoms with Gasteiger partial charge in [0.1, 0.15) is 16.8 Å². The van der Waals surface area contributed by atoms with Crippen LogP contribution in [0.4, 0.5) is 11.6 Å². The molecule has 0 atom stereocenters. The maximum Gasteiger partial charge on any atom is 0.257 e. The monoisotopic (exact) mass is 324 g/mol. The van der Waals surface area contributed by atoms with Crippen LogP contribution >= 0.6 is 23.2 Å². The molecule has 7 heteroatoms. The molecule has 110 valence electrons. The molecule has 2 heterocycles. The third-order valence-corrected chi connectivity index (χ3v) is 3.00. The van der Waals surface area contributed by atoms with E-state index in [-0.39, 0.29) is 11.1 Å². The van der Waals surface area contributed by atoms with E-state index in [2.05, 4.69) is 20.6 Å². The first-order valence-electron chi connectivity index (χ1n) is 6.43. The number of anilines is 2. The van der Waals surface area contributed by atoms with Gasteiger partial charge in [-0.3, -0.25) is 4.79 Å². The Hall–Kier alpha value is -1.85. The molecule has 0 spiro atoms. The highest BCUT2D eigenvalue weighted by molar-refractivity contribution is 6.30. The van der Waals surface area contributed by atoms with Gasteiger partial charge in [0.15, 0.2) is 0 Å². The second-order valence-electron chi connectivity index (χ2n) is 4.31. The first kappa shape index (κ1) is 15.5. The van der Waals surface area contributed by atoms with Crippen molar-refractivity contribution in [1.82, 2.24) is 9.97 Å². The number of pyridine rings is 2. The number of halogens is 2. The number of hydrogen-bond donors (Lipinski definition) is 2. The average molecular weight is 325 g/mol. The maximum absolute atomic E-state index is 12.2. The minimum atomic E-state index is -0.311. The second kappa shape index (κ2) is 7.24. The molecule has 2 N–H and O–H groups in total. The standard InChI is InChI=1S/C14H14Cl2N4O/c1-2-5-17-13-7-9(6-11(16)19-13)14(21)20-12-4-3-10(15)8-18-12/h3-4,6-8H,2,5H2,1H3,(H,17,19)(H,18,20,21). The van der Waals surface area contributed by atoms with Crippen molar-refractivity contribution in [3.63, 3.8) is 0 Å². The van der Waals surface area contributed by atoms with E-state index in [1.807, 2.05) is 6.92 Å². The van der Waals surface area contributed by atoms with Gasteiger partial charge in [-0.2, -0.15) is 0 Å². The van der Waals surface area contributed by atoms with Gasteiger partial charge >= 0.3 is 0 Å². The Morgan fingerprint density at radius 2 is 2.05 bits per heavy atom. The first-order valence-corrected chi connectivity index (χ1v) is 7.18. The molecule has 0 saturated heterocycles. The van der Waals surface area contributed by atoms with Crippen LogP contribution in [0.15, 0.2) is 30.5 Å². The first-order chi connectivity index (χ1) is 10.1. The van der Waals surface area contributed by atoms with E-state index >= 15 is 0 Å². The van der Waals surface area contributed by atoms with Crippen molar-refractivity contribution in [1.29, 1.82) is 0 Å². The molecule has 2 rings (SSSR count).